The molecule has 14 nitrogen and oxygen atoms in total. The smallest absolute Gasteiger partial charge is 0.220 e. The van der Waals surface area contributed by atoms with E-state index in [1.807, 2.05) is 0 Å². The molecule has 2 aliphatic heterocycles. The van der Waals surface area contributed by atoms with Crippen LogP contribution in [0.3, 0.4) is 0 Å². The number of amides is 1. The van der Waals surface area contributed by atoms with E-state index in [0.717, 1.165) is 51.4 Å². The Morgan fingerprint density at radius 1 is 0.365 bits per heavy atom. The summed E-state index contributed by atoms with van der Waals surface area (Å²) in [6.45, 7) is 2.94. The molecule has 14 heteroatoms. The first kappa shape index (κ1) is 90.8. The van der Waals surface area contributed by atoms with E-state index in [1.54, 1.807) is 0 Å². The van der Waals surface area contributed by atoms with Crippen LogP contribution >= 0.6 is 0 Å². The minimum atomic E-state index is -1.78. The maximum absolute atomic E-state index is 13.4. The van der Waals surface area contributed by atoms with Crippen LogP contribution in [-0.2, 0) is 23.7 Å². The van der Waals surface area contributed by atoms with Crippen molar-refractivity contribution in [3.8, 4) is 0 Å². The molecule has 2 fully saturated rings. The fraction of sp³-hybridized carbons (Fsp3) is 0.963. The highest BCUT2D eigenvalue weighted by Gasteiger charge is 2.51. The largest absolute Gasteiger partial charge is 0.394 e. The molecule has 0 aromatic carbocycles. The van der Waals surface area contributed by atoms with Crippen LogP contribution < -0.4 is 5.32 Å². The van der Waals surface area contributed by atoms with E-state index in [9.17, 15) is 45.6 Å². The van der Waals surface area contributed by atoms with Gasteiger partial charge in [0, 0.05) is 6.42 Å². The quantitative estimate of drug-likeness (QED) is 0.0204. The van der Waals surface area contributed by atoms with Crippen LogP contribution in [0.15, 0.2) is 12.2 Å². The normalized spacial score (nSPS) is 22.2. The predicted octanol–water partition coefficient (Wildman–Crippen LogP) is 19.3. The van der Waals surface area contributed by atoms with Gasteiger partial charge in [-0.1, -0.05) is 379 Å². The lowest BCUT2D eigenvalue weighted by Crippen LogP contribution is -2.65. The molecule has 0 bridgehead atoms. The van der Waals surface area contributed by atoms with Crippen molar-refractivity contribution in [3.63, 3.8) is 0 Å². The minimum Gasteiger partial charge on any atom is -0.394 e. The third kappa shape index (κ3) is 49.4. The number of hydrogen-bond donors (Lipinski definition) is 9. The van der Waals surface area contributed by atoms with Crippen LogP contribution in [0.1, 0.15) is 412 Å². The molecule has 9 N–H and O–H groups in total. The Morgan fingerprint density at radius 2 is 0.656 bits per heavy atom. The zero-order valence-corrected chi connectivity index (χ0v) is 62.7. The van der Waals surface area contributed by atoms with Crippen LogP contribution in [0, 0.1) is 0 Å². The first-order valence-corrected chi connectivity index (χ1v) is 41.9. The molecule has 0 aliphatic carbocycles. The van der Waals surface area contributed by atoms with Gasteiger partial charge in [-0.3, -0.25) is 4.79 Å². The molecule has 0 saturated carbocycles. The molecule has 2 aliphatic rings. The van der Waals surface area contributed by atoms with Gasteiger partial charge in [0.2, 0.25) is 5.91 Å². The van der Waals surface area contributed by atoms with Crippen LogP contribution in [0.5, 0.6) is 0 Å². The van der Waals surface area contributed by atoms with E-state index in [2.05, 4.69) is 31.3 Å². The van der Waals surface area contributed by atoms with Gasteiger partial charge in [-0.15, -0.1) is 0 Å². The molecule has 1 amide bonds. The first-order chi connectivity index (χ1) is 47.1. The van der Waals surface area contributed by atoms with Crippen molar-refractivity contribution >= 4 is 5.91 Å². The Kier molecular flexibility index (Phi) is 63.3. The molecule has 0 aromatic heterocycles. The molecule has 2 saturated heterocycles. The number of carbonyl (C=O) groups is 1. The summed E-state index contributed by atoms with van der Waals surface area (Å²) in [5.74, 6) is -0.196. The number of hydrogen-bond acceptors (Lipinski definition) is 13. The third-order valence-electron chi connectivity index (χ3n) is 21.0. The second kappa shape index (κ2) is 66.9. The Morgan fingerprint density at radius 3 is 0.990 bits per heavy atom. The Labute approximate surface area is 590 Å². The second-order valence-electron chi connectivity index (χ2n) is 30.0. The first-order valence-electron chi connectivity index (χ1n) is 41.9. The van der Waals surface area contributed by atoms with Crippen molar-refractivity contribution in [1.82, 2.24) is 5.32 Å². The summed E-state index contributed by atoms with van der Waals surface area (Å²) in [6, 6.07) is -0.826. The third-order valence-corrected chi connectivity index (χ3v) is 21.0. The average molecular weight is 1370 g/mol. The van der Waals surface area contributed by atoms with Gasteiger partial charge in [0.05, 0.1) is 32.0 Å². The van der Waals surface area contributed by atoms with Gasteiger partial charge in [-0.25, -0.2) is 0 Å². The second-order valence-corrected chi connectivity index (χ2v) is 30.0. The van der Waals surface area contributed by atoms with Gasteiger partial charge in [0.25, 0.3) is 0 Å². The van der Waals surface area contributed by atoms with Gasteiger partial charge < -0.3 is 65.1 Å². The molecular weight excluding hydrogens is 1210 g/mol. The highest BCUT2D eigenvalue weighted by atomic mass is 16.7. The molecule has 0 aromatic rings. The minimum absolute atomic E-state index is 0.196. The average Bonchev–Trinajstić information content (AvgIpc) is 0.806. The van der Waals surface area contributed by atoms with Crippen molar-refractivity contribution in [2.75, 3.05) is 19.8 Å². The Bertz CT molecular complexity index is 1660. The maximum atomic E-state index is 13.4. The van der Waals surface area contributed by atoms with E-state index < -0.39 is 86.8 Å². The van der Waals surface area contributed by atoms with Gasteiger partial charge in [0.1, 0.15) is 48.8 Å². The number of aliphatic hydroxyl groups excluding tert-OH is 8. The Hall–Kier alpha value is -1.27. The fourth-order valence-electron chi connectivity index (χ4n) is 14.4. The molecule has 12 atom stereocenters. The van der Waals surface area contributed by atoms with Crippen LogP contribution in [0.2, 0.25) is 0 Å². The molecular formula is C82H159NO13. The summed E-state index contributed by atoms with van der Waals surface area (Å²) >= 11 is 0. The number of rotatable bonds is 72. The number of unbranched alkanes of at least 4 members (excludes halogenated alkanes) is 57. The topological polar surface area (TPSA) is 228 Å². The summed E-state index contributed by atoms with van der Waals surface area (Å²) in [5.41, 5.74) is 0. The number of carbonyl (C=O) groups excluding carboxylic acids is 1. The van der Waals surface area contributed by atoms with E-state index in [0.29, 0.717) is 12.8 Å². The van der Waals surface area contributed by atoms with E-state index >= 15 is 0 Å². The molecule has 0 spiro atoms. The van der Waals surface area contributed by atoms with E-state index in [4.69, 9.17) is 18.9 Å². The molecule has 96 heavy (non-hydrogen) atoms. The SMILES string of the molecule is CCCCCCCCCC/C=C\CCCCCCCCCCCCCCCCCCCCCCCCCCCCCC(=O)NC(COC1OC(CO)C(OC2OC(CO)C(O)C(O)C2O)C(O)C1O)C(O)CCCCCCCCCCCCCCCCCCCCCCCCC. The summed E-state index contributed by atoms with van der Waals surface area (Å²) in [5, 5.41) is 87.9. The fourth-order valence-corrected chi connectivity index (χ4v) is 14.4. The van der Waals surface area contributed by atoms with Crippen molar-refractivity contribution < 1.29 is 64.6 Å². The maximum Gasteiger partial charge on any atom is 0.220 e. The molecule has 2 rings (SSSR count). The zero-order valence-electron chi connectivity index (χ0n) is 62.7. The number of ether oxygens (including phenoxy) is 4. The summed E-state index contributed by atoms with van der Waals surface area (Å²) in [4.78, 5) is 13.4. The van der Waals surface area contributed by atoms with E-state index in [-0.39, 0.29) is 12.5 Å². The lowest BCUT2D eigenvalue weighted by atomic mass is 9.97. The van der Waals surface area contributed by atoms with E-state index in [1.165, 1.54) is 334 Å². The molecule has 2 heterocycles. The van der Waals surface area contributed by atoms with Gasteiger partial charge in [-0.2, -0.15) is 0 Å². The van der Waals surface area contributed by atoms with Crippen LogP contribution in [0.25, 0.3) is 0 Å². The summed E-state index contributed by atoms with van der Waals surface area (Å²) in [7, 11) is 0. The van der Waals surface area contributed by atoms with Crippen LogP contribution in [0.4, 0.5) is 0 Å². The predicted molar refractivity (Wildman–Crippen MR) is 397 cm³/mol. The molecule has 570 valence electrons. The summed E-state index contributed by atoms with van der Waals surface area (Å²) < 4.78 is 23.0. The highest BCUT2D eigenvalue weighted by Crippen LogP contribution is 2.31. The van der Waals surface area contributed by atoms with Crippen molar-refractivity contribution in [1.29, 1.82) is 0 Å². The Balaban J connectivity index is 1.55. The summed E-state index contributed by atoms with van der Waals surface area (Å²) in [6.07, 6.45) is 68.5. The highest BCUT2D eigenvalue weighted by molar-refractivity contribution is 5.76. The van der Waals surface area contributed by atoms with Crippen LogP contribution in [-0.4, -0.2) is 140 Å². The van der Waals surface area contributed by atoms with Crippen molar-refractivity contribution in [2.45, 2.75) is 485 Å². The number of aliphatic hydroxyl groups is 8. The molecule has 0 radical (unpaired) electrons. The monoisotopic (exact) mass is 1370 g/mol. The zero-order chi connectivity index (χ0) is 69.4. The number of nitrogens with one attached hydrogen (secondary N) is 1. The van der Waals surface area contributed by atoms with Gasteiger partial charge in [0.15, 0.2) is 12.6 Å². The van der Waals surface area contributed by atoms with Gasteiger partial charge >= 0.3 is 0 Å². The van der Waals surface area contributed by atoms with Gasteiger partial charge in [-0.05, 0) is 38.5 Å². The lowest BCUT2D eigenvalue weighted by Gasteiger charge is -2.46. The standard InChI is InChI=1S/C82H159NO13/c1-3-5-7-9-11-13-15-17-19-21-23-25-27-28-29-30-31-32-33-34-35-36-37-38-39-40-41-42-44-46-48-50-52-54-56-58-60-62-64-66-74(87)83-70(69-93-81-79(92)77(90)80(73(68-85)95-81)96-82-78(91)76(89)75(88)72(67-84)94-82)71(86)65-63-61-59-57-55-53-51-49-47-45-43-26-24-22-20-18-16-14-12-10-8-6-4-2/h21,23,70-73,75-82,84-86,88-92H,3-20,22,24-69H2,1-2H3,(H,83,87)/b23-21-. The number of allylic oxidation sites excluding steroid dienone is 2. The molecule has 12 unspecified atom stereocenters. The lowest BCUT2D eigenvalue weighted by molar-refractivity contribution is -0.359. The van der Waals surface area contributed by atoms with Crippen molar-refractivity contribution in [3.05, 3.63) is 12.2 Å². The van der Waals surface area contributed by atoms with Crippen molar-refractivity contribution in [2.24, 2.45) is 0 Å².